The van der Waals surface area contributed by atoms with E-state index in [9.17, 15) is 4.79 Å². The third-order valence-corrected chi connectivity index (χ3v) is 2.21. The van der Waals surface area contributed by atoms with Crippen molar-refractivity contribution < 1.29 is 9.53 Å². The SMILES string of the molecule is CC(C)C(=O)N1CCOC(CN)C1. The number of ether oxygens (including phenoxy) is 1. The second-order valence-electron chi connectivity index (χ2n) is 3.67. The highest BCUT2D eigenvalue weighted by molar-refractivity contribution is 5.78. The van der Waals surface area contributed by atoms with Crippen LogP contribution in [-0.2, 0) is 9.53 Å². The third kappa shape index (κ3) is 2.67. The Morgan fingerprint density at radius 2 is 2.38 bits per heavy atom. The average Bonchev–Trinajstić information content (AvgIpc) is 2.16. The number of carbonyl (C=O) groups is 1. The van der Waals surface area contributed by atoms with Crippen LogP contribution in [0.5, 0.6) is 0 Å². The first kappa shape index (κ1) is 10.5. The van der Waals surface area contributed by atoms with Crippen LogP contribution in [0.25, 0.3) is 0 Å². The molecule has 0 aromatic rings. The molecule has 13 heavy (non-hydrogen) atoms. The molecule has 1 aliphatic rings. The van der Waals surface area contributed by atoms with Crippen LogP contribution in [0, 0.1) is 5.92 Å². The van der Waals surface area contributed by atoms with E-state index in [-0.39, 0.29) is 17.9 Å². The molecule has 1 aliphatic heterocycles. The van der Waals surface area contributed by atoms with E-state index in [1.165, 1.54) is 0 Å². The van der Waals surface area contributed by atoms with Crippen molar-refractivity contribution in [3.63, 3.8) is 0 Å². The van der Waals surface area contributed by atoms with Crippen LogP contribution >= 0.6 is 0 Å². The van der Waals surface area contributed by atoms with E-state index in [2.05, 4.69) is 0 Å². The van der Waals surface area contributed by atoms with Crippen LogP contribution in [0.15, 0.2) is 0 Å². The average molecular weight is 186 g/mol. The quantitative estimate of drug-likeness (QED) is 0.651. The molecule has 4 heteroatoms. The predicted molar refractivity (Wildman–Crippen MR) is 50.2 cm³/mol. The summed E-state index contributed by atoms with van der Waals surface area (Å²) in [5.41, 5.74) is 5.48. The maximum absolute atomic E-state index is 11.6. The third-order valence-electron chi connectivity index (χ3n) is 2.21. The fraction of sp³-hybridized carbons (Fsp3) is 0.889. The van der Waals surface area contributed by atoms with Gasteiger partial charge in [-0.15, -0.1) is 0 Å². The van der Waals surface area contributed by atoms with E-state index < -0.39 is 0 Å². The Morgan fingerprint density at radius 1 is 1.69 bits per heavy atom. The highest BCUT2D eigenvalue weighted by Crippen LogP contribution is 2.08. The summed E-state index contributed by atoms with van der Waals surface area (Å²) in [5.74, 6) is 0.262. The number of nitrogens with zero attached hydrogens (tertiary/aromatic N) is 1. The fourth-order valence-corrected chi connectivity index (χ4v) is 1.43. The van der Waals surface area contributed by atoms with E-state index in [4.69, 9.17) is 10.5 Å². The Bertz CT molecular complexity index is 182. The van der Waals surface area contributed by atoms with Gasteiger partial charge in [-0.1, -0.05) is 13.8 Å². The van der Waals surface area contributed by atoms with Crippen LogP contribution in [0.4, 0.5) is 0 Å². The van der Waals surface area contributed by atoms with Gasteiger partial charge in [0, 0.05) is 25.6 Å². The zero-order valence-electron chi connectivity index (χ0n) is 8.32. The highest BCUT2D eigenvalue weighted by atomic mass is 16.5. The van der Waals surface area contributed by atoms with Crippen LogP contribution in [0.3, 0.4) is 0 Å². The molecule has 76 valence electrons. The molecule has 0 aromatic carbocycles. The summed E-state index contributed by atoms with van der Waals surface area (Å²) in [6.45, 7) is 6.27. The molecule has 0 radical (unpaired) electrons. The molecule has 1 fully saturated rings. The number of hydrogen-bond donors (Lipinski definition) is 1. The number of amides is 1. The van der Waals surface area contributed by atoms with Crippen molar-refractivity contribution in [2.75, 3.05) is 26.2 Å². The summed E-state index contributed by atoms with van der Waals surface area (Å²) in [4.78, 5) is 13.4. The molecule has 2 N–H and O–H groups in total. The monoisotopic (exact) mass is 186 g/mol. The zero-order chi connectivity index (χ0) is 9.84. The molecule has 4 nitrogen and oxygen atoms in total. The maximum Gasteiger partial charge on any atom is 0.225 e. The summed E-state index contributed by atoms with van der Waals surface area (Å²) in [5, 5.41) is 0. The fourth-order valence-electron chi connectivity index (χ4n) is 1.43. The van der Waals surface area contributed by atoms with Gasteiger partial charge in [-0.2, -0.15) is 0 Å². The molecule has 0 aromatic heterocycles. The Labute approximate surface area is 79.0 Å². The molecule has 0 saturated carbocycles. The van der Waals surface area contributed by atoms with Crippen molar-refractivity contribution in [3.05, 3.63) is 0 Å². The highest BCUT2D eigenvalue weighted by Gasteiger charge is 2.24. The molecule has 0 bridgehead atoms. The number of nitrogens with two attached hydrogens (primary N) is 1. The zero-order valence-corrected chi connectivity index (χ0v) is 8.32. The lowest BCUT2D eigenvalue weighted by Gasteiger charge is -2.33. The van der Waals surface area contributed by atoms with Gasteiger partial charge in [-0.05, 0) is 0 Å². The molecule has 1 amide bonds. The van der Waals surface area contributed by atoms with E-state index in [0.717, 1.165) is 0 Å². The summed E-state index contributed by atoms with van der Waals surface area (Å²) in [6, 6.07) is 0. The Hall–Kier alpha value is -0.610. The van der Waals surface area contributed by atoms with Crippen LogP contribution < -0.4 is 5.73 Å². The minimum absolute atomic E-state index is 0.0245. The van der Waals surface area contributed by atoms with Gasteiger partial charge in [0.25, 0.3) is 0 Å². The summed E-state index contributed by atoms with van der Waals surface area (Å²) in [6.07, 6.45) is 0.0245. The lowest BCUT2D eigenvalue weighted by atomic mass is 10.1. The maximum atomic E-state index is 11.6. The Balaban J connectivity index is 2.46. The van der Waals surface area contributed by atoms with Crippen molar-refractivity contribution in [2.45, 2.75) is 20.0 Å². The summed E-state index contributed by atoms with van der Waals surface area (Å²) >= 11 is 0. The van der Waals surface area contributed by atoms with E-state index in [1.54, 1.807) is 0 Å². The molecular weight excluding hydrogens is 168 g/mol. The first-order valence-electron chi connectivity index (χ1n) is 4.75. The summed E-state index contributed by atoms with van der Waals surface area (Å²) < 4.78 is 5.37. The first-order valence-corrected chi connectivity index (χ1v) is 4.75. The molecule has 1 heterocycles. The summed E-state index contributed by atoms with van der Waals surface area (Å²) in [7, 11) is 0. The van der Waals surface area contributed by atoms with Gasteiger partial charge in [0.2, 0.25) is 5.91 Å². The van der Waals surface area contributed by atoms with Crippen molar-refractivity contribution in [1.29, 1.82) is 0 Å². The minimum atomic E-state index is 0.0245. The molecular formula is C9H18N2O2. The van der Waals surface area contributed by atoms with Crippen LogP contribution in [-0.4, -0.2) is 43.2 Å². The van der Waals surface area contributed by atoms with Crippen molar-refractivity contribution >= 4 is 5.91 Å². The number of morpholine rings is 1. The van der Waals surface area contributed by atoms with E-state index in [1.807, 2.05) is 18.7 Å². The van der Waals surface area contributed by atoms with Gasteiger partial charge in [0.15, 0.2) is 0 Å². The number of carbonyl (C=O) groups excluding carboxylic acids is 1. The van der Waals surface area contributed by atoms with E-state index in [0.29, 0.717) is 26.2 Å². The molecule has 0 aliphatic carbocycles. The largest absolute Gasteiger partial charge is 0.373 e. The molecule has 1 rings (SSSR count). The molecule has 1 atom stereocenters. The predicted octanol–water partition coefficient (Wildman–Crippen LogP) is -0.171. The Kier molecular flexibility index (Phi) is 3.69. The molecule has 1 saturated heterocycles. The number of hydrogen-bond acceptors (Lipinski definition) is 3. The molecule has 1 unspecified atom stereocenters. The minimum Gasteiger partial charge on any atom is -0.373 e. The second kappa shape index (κ2) is 4.58. The normalized spacial score (nSPS) is 23.7. The van der Waals surface area contributed by atoms with Gasteiger partial charge in [-0.25, -0.2) is 0 Å². The van der Waals surface area contributed by atoms with Gasteiger partial charge >= 0.3 is 0 Å². The van der Waals surface area contributed by atoms with Crippen molar-refractivity contribution in [3.8, 4) is 0 Å². The lowest BCUT2D eigenvalue weighted by molar-refractivity contribution is -0.141. The second-order valence-corrected chi connectivity index (χ2v) is 3.67. The van der Waals surface area contributed by atoms with Crippen molar-refractivity contribution in [1.82, 2.24) is 4.90 Å². The molecule has 0 spiro atoms. The van der Waals surface area contributed by atoms with E-state index >= 15 is 0 Å². The van der Waals surface area contributed by atoms with Gasteiger partial charge < -0.3 is 15.4 Å². The van der Waals surface area contributed by atoms with Crippen LogP contribution in [0.1, 0.15) is 13.8 Å². The topological polar surface area (TPSA) is 55.6 Å². The van der Waals surface area contributed by atoms with Gasteiger partial charge in [0.05, 0.1) is 12.7 Å². The van der Waals surface area contributed by atoms with Crippen molar-refractivity contribution in [2.24, 2.45) is 11.7 Å². The first-order chi connectivity index (χ1) is 6.15. The van der Waals surface area contributed by atoms with Gasteiger partial charge in [-0.3, -0.25) is 4.79 Å². The standard InChI is InChI=1S/C9H18N2O2/c1-7(2)9(12)11-3-4-13-8(5-10)6-11/h7-8H,3-6,10H2,1-2H3. The smallest absolute Gasteiger partial charge is 0.225 e. The Morgan fingerprint density at radius 3 is 2.92 bits per heavy atom. The number of rotatable bonds is 2. The van der Waals surface area contributed by atoms with Crippen LogP contribution in [0.2, 0.25) is 0 Å². The van der Waals surface area contributed by atoms with Gasteiger partial charge in [0.1, 0.15) is 0 Å². The lowest BCUT2D eigenvalue weighted by Crippen LogP contribution is -2.49.